The molecule has 0 aromatic carbocycles. The molecule has 0 atom stereocenters. The summed E-state index contributed by atoms with van der Waals surface area (Å²) in [4.78, 5) is 0. The Bertz CT molecular complexity index is 96.1. The van der Waals surface area contributed by atoms with Crippen LogP contribution in [-0.2, 0) is 9.33 Å². The molecular formula is H3ClNa2O3S. The molecule has 0 unspecified atom stereocenters. The summed E-state index contributed by atoms with van der Waals surface area (Å²) in [6, 6.07) is 0. The third kappa shape index (κ3) is 65.1. The molecule has 0 saturated carbocycles. The molecule has 7 heteroatoms. The van der Waals surface area contributed by atoms with Gasteiger partial charge in [-0.05, 0) is 0 Å². The van der Waals surface area contributed by atoms with Crippen LogP contribution in [0, 0.1) is 0 Å². The predicted molar refractivity (Wildman–Crippen MR) is 31.7 cm³/mol. The summed E-state index contributed by atoms with van der Waals surface area (Å²) in [7, 11) is -0.137. The van der Waals surface area contributed by atoms with Crippen molar-refractivity contribution in [2.75, 3.05) is 0 Å². The van der Waals surface area contributed by atoms with Gasteiger partial charge in [0.1, 0.15) is 0 Å². The van der Waals surface area contributed by atoms with Crippen LogP contribution in [0.2, 0.25) is 0 Å². The summed E-state index contributed by atoms with van der Waals surface area (Å²) >= 11 is 0. The number of rotatable bonds is 0. The Labute approximate surface area is 90.6 Å². The maximum absolute atomic E-state index is 8.95. The predicted octanol–water partition coefficient (Wildman–Crippen LogP) is -1.27. The van der Waals surface area contributed by atoms with E-state index in [9.17, 15) is 0 Å². The van der Waals surface area contributed by atoms with Crippen LogP contribution >= 0.6 is 10.7 Å². The van der Waals surface area contributed by atoms with Crippen LogP contribution in [-0.4, -0.2) is 72.1 Å². The molecule has 0 heterocycles. The van der Waals surface area contributed by atoms with Crippen LogP contribution in [0.25, 0.3) is 0 Å². The van der Waals surface area contributed by atoms with Gasteiger partial charge in [-0.3, -0.25) is 4.55 Å². The quantitative estimate of drug-likeness (QED) is 0.276. The first-order valence-corrected chi connectivity index (χ1v) is 2.94. The van der Waals surface area contributed by atoms with Crippen molar-refractivity contribution in [1.82, 2.24) is 0 Å². The SMILES string of the molecule is O=S(=O)(O)Cl.[NaH].[NaH]. The molecule has 1 N–H and O–H groups in total. The normalized spacial score (nSPS) is 8.29. The molecule has 0 rings (SSSR count). The molecule has 0 spiro atoms. The summed E-state index contributed by atoms with van der Waals surface area (Å²) < 4.78 is 25.2. The Morgan fingerprint density at radius 1 is 1.29 bits per heavy atom. The van der Waals surface area contributed by atoms with Crippen LogP contribution in [0.4, 0.5) is 0 Å². The van der Waals surface area contributed by atoms with E-state index >= 15 is 0 Å². The van der Waals surface area contributed by atoms with Gasteiger partial charge < -0.3 is 0 Å². The van der Waals surface area contributed by atoms with E-state index in [2.05, 4.69) is 10.7 Å². The van der Waals surface area contributed by atoms with Crippen molar-refractivity contribution in [1.29, 1.82) is 0 Å². The summed E-state index contributed by atoms with van der Waals surface area (Å²) in [5, 5.41) is 0. The van der Waals surface area contributed by atoms with Crippen molar-refractivity contribution in [2.24, 2.45) is 0 Å². The molecule has 0 aliphatic heterocycles. The van der Waals surface area contributed by atoms with E-state index in [1.54, 1.807) is 0 Å². The van der Waals surface area contributed by atoms with E-state index < -0.39 is 9.33 Å². The van der Waals surface area contributed by atoms with Crippen molar-refractivity contribution in [3.8, 4) is 0 Å². The topological polar surface area (TPSA) is 54.4 Å². The van der Waals surface area contributed by atoms with Gasteiger partial charge in [-0.25, -0.2) is 0 Å². The molecule has 36 valence electrons. The van der Waals surface area contributed by atoms with E-state index in [4.69, 9.17) is 13.0 Å². The molecule has 3 nitrogen and oxygen atoms in total. The monoisotopic (exact) mass is 164 g/mol. The number of halogens is 1. The Kier molecular flexibility index (Phi) is 14.5. The fraction of sp³-hybridized carbons (Fsp3) is 0. The van der Waals surface area contributed by atoms with Crippen LogP contribution in [0.1, 0.15) is 0 Å². The zero-order valence-electron chi connectivity index (χ0n) is 2.05. The van der Waals surface area contributed by atoms with Gasteiger partial charge in [-0.15, -0.1) is 0 Å². The van der Waals surface area contributed by atoms with Crippen molar-refractivity contribution < 1.29 is 13.0 Å². The van der Waals surface area contributed by atoms with E-state index in [-0.39, 0.29) is 59.1 Å². The van der Waals surface area contributed by atoms with Gasteiger partial charge in [-0.2, -0.15) is 8.42 Å². The van der Waals surface area contributed by atoms with Gasteiger partial charge in [0.05, 0.1) is 0 Å². The minimum absolute atomic E-state index is 0. The molecule has 0 radical (unpaired) electrons. The van der Waals surface area contributed by atoms with Gasteiger partial charge in [0.25, 0.3) is 0 Å². The zero-order chi connectivity index (χ0) is 4.50. The molecule has 0 amide bonds. The average Bonchev–Trinajstić information content (AvgIpc) is 0.722. The van der Waals surface area contributed by atoms with E-state index in [0.29, 0.717) is 0 Å². The van der Waals surface area contributed by atoms with Gasteiger partial charge in [-0.1, -0.05) is 0 Å². The molecule has 0 saturated heterocycles. The van der Waals surface area contributed by atoms with Gasteiger partial charge in [0.15, 0.2) is 0 Å². The van der Waals surface area contributed by atoms with Crippen LogP contribution in [0.15, 0.2) is 0 Å². The Balaban J connectivity index is -0.0000000800. The molecule has 0 aliphatic carbocycles. The molecular weight excluding hydrogens is 161 g/mol. The van der Waals surface area contributed by atoms with Crippen molar-refractivity contribution >= 4 is 79.1 Å². The molecule has 0 aromatic heterocycles. The van der Waals surface area contributed by atoms with E-state index in [0.717, 1.165) is 0 Å². The standard InChI is InChI=1S/ClHO3S.2Na.2H/c1-5(2,3)4;;;;/h(H,2,3,4);;;;. The molecule has 7 heavy (non-hydrogen) atoms. The van der Waals surface area contributed by atoms with Crippen molar-refractivity contribution in [3.05, 3.63) is 0 Å². The first-order chi connectivity index (χ1) is 2.00. The summed E-state index contributed by atoms with van der Waals surface area (Å²) in [6.07, 6.45) is 0. The summed E-state index contributed by atoms with van der Waals surface area (Å²) in [5.74, 6) is 0. The minimum atomic E-state index is -4.19. The van der Waals surface area contributed by atoms with Crippen LogP contribution in [0.5, 0.6) is 0 Å². The summed E-state index contributed by atoms with van der Waals surface area (Å²) in [6.45, 7) is 0. The summed E-state index contributed by atoms with van der Waals surface area (Å²) in [5.41, 5.74) is 0. The zero-order valence-corrected chi connectivity index (χ0v) is 3.62. The fourth-order valence-corrected chi connectivity index (χ4v) is 0. The number of hydrogen-bond acceptors (Lipinski definition) is 2. The van der Waals surface area contributed by atoms with Crippen LogP contribution < -0.4 is 0 Å². The third-order valence-electron chi connectivity index (χ3n) is 0. The third-order valence-corrected chi connectivity index (χ3v) is 0. The average molecular weight is 165 g/mol. The number of hydrogen-bond donors (Lipinski definition) is 1. The van der Waals surface area contributed by atoms with Gasteiger partial charge >= 0.3 is 68.4 Å². The first-order valence-electron chi connectivity index (χ1n) is 0.670. The Morgan fingerprint density at radius 2 is 1.29 bits per heavy atom. The fourth-order valence-electron chi connectivity index (χ4n) is 0. The van der Waals surface area contributed by atoms with E-state index in [1.165, 1.54) is 0 Å². The van der Waals surface area contributed by atoms with Gasteiger partial charge in [0.2, 0.25) is 0 Å². The second kappa shape index (κ2) is 6.32. The second-order valence-electron chi connectivity index (χ2n) is 0.412. The molecule has 0 aromatic rings. The van der Waals surface area contributed by atoms with Gasteiger partial charge in [0, 0.05) is 10.7 Å². The van der Waals surface area contributed by atoms with Crippen LogP contribution in [0.3, 0.4) is 0 Å². The Hall–Kier alpha value is 2.20. The second-order valence-corrected chi connectivity index (χ2v) is 2.41. The van der Waals surface area contributed by atoms with E-state index in [1.807, 2.05) is 0 Å². The molecule has 0 fully saturated rings. The first kappa shape index (κ1) is 16.1. The van der Waals surface area contributed by atoms with Crippen molar-refractivity contribution in [2.45, 2.75) is 0 Å². The Morgan fingerprint density at radius 3 is 1.29 bits per heavy atom. The maximum atomic E-state index is 8.95. The molecule has 0 bridgehead atoms. The molecule has 0 aliphatic rings. The van der Waals surface area contributed by atoms with Crippen molar-refractivity contribution in [3.63, 3.8) is 0 Å².